The molecule has 0 bridgehead atoms. The Morgan fingerprint density at radius 2 is 1.89 bits per heavy atom. The normalized spacial score (nSPS) is 10.7. The molecular formula is C11H13N5O3. The zero-order chi connectivity index (χ0) is 14.2. The van der Waals surface area contributed by atoms with Crippen LogP contribution in [0.15, 0.2) is 12.1 Å². The minimum Gasteiger partial charge on any atom is -0.358 e. The lowest BCUT2D eigenvalue weighted by molar-refractivity contribution is -0.392. The van der Waals surface area contributed by atoms with Gasteiger partial charge in [0.15, 0.2) is 6.54 Å². The molecule has 0 radical (unpaired) electrons. The van der Waals surface area contributed by atoms with Crippen LogP contribution in [-0.4, -0.2) is 30.4 Å². The molecule has 0 atom stereocenters. The third kappa shape index (κ3) is 2.51. The molecular weight excluding hydrogens is 250 g/mol. The highest BCUT2D eigenvalue weighted by Gasteiger charge is 2.21. The van der Waals surface area contributed by atoms with Gasteiger partial charge in [-0.15, -0.1) is 4.68 Å². The summed E-state index contributed by atoms with van der Waals surface area (Å²) in [4.78, 5) is 22.3. The lowest BCUT2D eigenvalue weighted by Crippen LogP contribution is -2.21. The van der Waals surface area contributed by atoms with Crippen molar-refractivity contribution in [3.05, 3.63) is 39.3 Å². The topological polar surface area (TPSA) is 95.8 Å². The summed E-state index contributed by atoms with van der Waals surface area (Å²) in [5.74, 6) is -0.566. The molecule has 0 aromatic carbocycles. The van der Waals surface area contributed by atoms with Crippen molar-refractivity contribution in [2.75, 3.05) is 0 Å². The summed E-state index contributed by atoms with van der Waals surface area (Å²) in [6.07, 6.45) is 0. The summed E-state index contributed by atoms with van der Waals surface area (Å²) in [7, 11) is 0. The third-order valence-corrected chi connectivity index (χ3v) is 2.60. The van der Waals surface area contributed by atoms with Crippen molar-refractivity contribution in [2.45, 2.75) is 27.3 Å². The minimum atomic E-state index is -0.561. The number of aromatic nitrogens is 4. The number of hydrogen-bond acceptors (Lipinski definition) is 5. The van der Waals surface area contributed by atoms with E-state index in [1.54, 1.807) is 26.8 Å². The second-order valence-corrected chi connectivity index (χ2v) is 4.29. The van der Waals surface area contributed by atoms with E-state index in [1.807, 2.05) is 0 Å². The van der Waals surface area contributed by atoms with Crippen LogP contribution >= 0.6 is 0 Å². The molecule has 8 heteroatoms. The molecule has 0 unspecified atom stereocenters. The molecule has 100 valence electrons. The van der Waals surface area contributed by atoms with Gasteiger partial charge in [0.05, 0.1) is 17.5 Å². The number of carbonyl (C=O) groups excluding carboxylic acids is 1. The molecule has 0 saturated heterocycles. The average Bonchev–Trinajstić information content (AvgIpc) is 2.81. The van der Waals surface area contributed by atoms with E-state index in [9.17, 15) is 14.9 Å². The van der Waals surface area contributed by atoms with Crippen molar-refractivity contribution in [1.29, 1.82) is 0 Å². The average molecular weight is 263 g/mol. The largest absolute Gasteiger partial charge is 0.358 e. The van der Waals surface area contributed by atoms with Gasteiger partial charge < -0.3 is 10.1 Å². The molecule has 0 amide bonds. The smallest absolute Gasteiger partial charge is 0.345 e. The second-order valence-electron chi connectivity index (χ2n) is 4.29. The molecule has 8 nitrogen and oxygen atoms in total. The maximum absolute atomic E-state index is 12.0. The molecule has 2 aromatic heterocycles. The van der Waals surface area contributed by atoms with Crippen LogP contribution in [-0.2, 0) is 6.54 Å². The fourth-order valence-corrected chi connectivity index (χ4v) is 1.87. The van der Waals surface area contributed by atoms with Crippen molar-refractivity contribution in [3.63, 3.8) is 0 Å². The van der Waals surface area contributed by atoms with Crippen molar-refractivity contribution in [2.24, 2.45) is 0 Å². The van der Waals surface area contributed by atoms with Crippen molar-refractivity contribution in [3.8, 4) is 0 Å². The second kappa shape index (κ2) is 4.63. The van der Waals surface area contributed by atoms with E-state index < -0.39 is 4.92 Å². The Balaban J connectivity index is 2.29. The van der Waals surface area contributed by atoms with E-state index >= 15 is 0 Å². The lowest BCUT2D eigenvalue weighted by atomic mass is 10.4. The maximum atomic E-state index is 12.0. The van der Waals surface area contributed by atoms with E-state index in [-0.39, 0.29) is 18.3 Å². The van der Waals surface area contributed by atoms with Gasteiger partial charge >= 0.3 is 5.82 Å². The highest BCUT2D eigenvalue weighted by Crippen LogP contribution is 2.13. The number of carbonyl (C=O) groups is 1. The van der Waals surface area contributed by atoms with E-state index in [4.69, 9.17) is 0 Å². The van der Waals surface area contributed by atoms with Gasteiger partial charge in [-0.1, -0.05) is 5.10 Å². The van der Waals surface area contributed by atoms with Crippen molar-refractivity contribution < 1.29 is 9.72 Å². The Kier molecular flexibility index (Phi) is 3.16. The fourth-order valence-electron chi connectivity index (χ4n) is 1.87. The third-order valence-electron chi connectivity index (χ3n) is 2.60. The highest BCUT2D eigenvalue weighted by molar-refractivity contribution is 5.78. The Morgan fingerprint density at radius 3 is 2.42 bits per heavy atom. The van der Waals surface area contributed by atoms with Gasteiger partial charge in [0.1, 0.15) is 0 Å². The van der Waals surface area contributed by atoms with E-state index in [1.165, 1.54) is 10.7 Å². The predicted octanol–water partition coefficient (Wildman–Crippen LogP) is 1.25. The van der Waals surface area contributed by atoms with E-state index in [2.05, 4.69) is 10.2 Å². The van der Waals surface area contributed by atoms with Crippen LogP contribution in [0.1, 0.15) is 21.9 Å². The summed E-state index contributed by atoms with van der Waals surface area (Å²) in [6, 6.07) is 3.09. The molecule has 2 rings (SSSR count). The van der Waals surface area contributed by atoms with Crippen LogP contribution in [0.2, 0.25) is 0 Å². The first-order valence-electron chi connectivity index (χ1n) is 5.64. The first-order valence-corrected chi connectivity index (χ1v) is 5.64. The lowest BCUT2D eigenvalue weighted by Gasteiger charge is -2.01. The highest BCUT2D eigenvalue weighted by atomic mass is 16.6. The van der Waals surface area contributed by atoms with Gasteiger partial charge in [-0.05, 0) is 31.8 Å². The first-order chi connectivity index (χ1) is 8.88. The van der Waals surface area contributed by atoms with Gasteiger partial charge in [-0.2, -0.15) is 5.10 Å². The van der Waals surface area contributed by atoms with Crippen LogP contribution in [0.5, 0.6) is 0 Å². The zero-order valence-electron chi connectivity index (χ0n) is 10.8. The molecule has 0 aliphatic rings. The van der Waals surface area contributed by atoms with Crippen LogP contribution in [0.25, 0.3) is 0 Å². The molecule has 0 N–H and O–H groups in total. The van der Waals surface area contributed by atoms with Crippen LogP contribution < -0.4 is 0 Å². The summed E-state index contributed by atoms with van der Waals surface area (Å²) >= 11 is 0. The van der Waals surface area contributed by atoms with E-state index in [0.29, 0.717) is 11.4 Å². The molecule has 2 aromatic rings. The summed E-state index contributed by atoms with van der Waals surface area (Å²) in [5.41, 5.74) is 1.90. The van der Waals surface area contributed by atoms with Crippen LogP contribution in [0.4, 0.5) is 5.82 Å². The van der Waals surface area contributed by atoms with E-state index in [0.717, 1.165) is 10.4 Å². The molecule has 0 saturated carbocycles. The molecule has 0 spiro atoms. The molecule has 2 heterocycles. The number of nitro groups is 1. The monoisotopic (exact) mass is 263 g/mol. The van der Waals surface area contributed by atoms with Crippen LogP contribution in [0.3, 0.4) is 0 Å². The Hall–Kier alpha value is -2.51. The van der Waals surface area contributed by atoms with Crippen LogP contribution in [0, 0.1) is 30.9 Å². The maximum Gasteiger partial charge on any atom is 0.345 e. The van der Waals surface area contributed by atoms with Gasteiger partial charge in [-0.25, -0.2) is 4.68 Å². The molecule has 0 aliphatic carbocycles. The Morgan fingerprint density at radius 1 is 1.26 bits per heavy atom. The summed E-state index contributed by atoms with van der Waals surface area (Å²) < 4.78 is 2.31. The number of nitrogens with zero attached hydrogens (tertiary/aromatic N) is 5. The first kappa shape index (κ1) is 12.9. The summed E-state index contributed by atoms with van der Waals surface area (Å²) in [5, 5.41) is 18.8. The fraction of sp³-hybridized carbons (Fsp3) is 0.364. The Bertz CT molecular complexity index is 655. The molecule has 0 fully saturated rings. The number of rotatable bonds is 3. The molecule has 0 aliphatic heterocycles. The van der Waals surface area contributed by atoms with Crippen molar-refractivity contribution in [1.82, 2.24) is 19.6 Å². The number of aryl methyl sites for hydroxylation is 3. The zero-order valence-corrected chi connectivity index (χ0v) is 10.8. The Labute approximate surface area is 108 Å². The van der Waals surface area contributed by atoms with Gasteiger partial charge in [0.25, 0.3) is 5.91 Å². The predicted molar refractivity (Wildman–Crippen MR) is 65.9 cm³/mol. The molecule has 19 heavy (non-hydrogen) atoms. The van der Waals surface area contributed by atoms with Crippen molar-refractivity contribution >= 4 is 11.7 Å². The van der Waals surface area contributed by atoms with Gasteiger partial charge in [0, 0.05) is 5.69 Å². The van der Waals surface area contributed by atoms with Gasteiger partial charge in [-0.3, -0.25) is 4.79 Å². The SMILES string of the molecule is Cc1cc([N+](=O)[O-])n(CC(=O)n2nc(C)cc2C)n1. The standard InChI is InChI=1S/C11H13N5O3/c1-7-4-9(3)15(13-7)11(17)6-14-10(16(18)19)5-8(2)12-14/h4-5H,6H2,1-3H3. The van der Waals surface area contributed by atoms with Gasteiger partial charge in [0.2, 0.25) is 0 Å². The minimum absolute atomic E-state index is 0.201. The summed E-state index contributed by atoms with van der Waals surface area (Å²) in [6.45, 7) is 4.95. The number of hydrogen-bond donors (Lipinski definition) is 0. The quantitative estimate of drug-likeness (QED) is 0.613.